The summed E-state index contributed by atoms with van der Waals surface area (Å²) >= 11 is 0. The number of hydrogen-bond acceptors (Lipinski definition) is 3. The summed E-state index contributed by atoms with van der Waals surface area (Å²) in [5.41, 5.74) is 0. The number of hydrogen-bond donors (Lipinski definition) is 1. The Morgan fingerprint density at radius 3 is 2.73 bits per heavy atom. The fourth-order valence-corrected chi connectivity index (χ4v) is 0.622. The molecule has 0 rings (SSSR count). The summed E-state index contributed by atoms with van der Waals surface area (Å²) < 4.78 is 4.95. The number of nitriles is 1. The summed E-state index contributed by atoms with van der Waals surface area (Å²) in [6, 6.07) is 1.73. The number of rotatable bonds is 4. The lowest BCUT2D eigenvalue weighted by Crippen LogP contribution is -2.38. The molecule has 2 atom stereocenters. The van der Waals surface area contributed by atoms with Gasteiger partial charge in [-0.1, -0.05) is 5.92 Å². The van der Waals surface area contributed by atoms with Crippen LogP contribution in [0.4, 0.5) is 0 Å². The molecule has 11 heavy (non-hydrogen) atoms. The summed E-state index contributed by atoms with van der Waals surface area (Å²) in [7, 11) is 1.56. The van der Waals surface area contributed by atoms with Gasteiger partial charge in [0, 0.05) is 7.11 Å². The SMILES string of the molecule is C#CCNC(C#N)C(C)OC. The Morgan fingerprint density at radius 1 is 1.73 bits per heavy atom. The Hall–Kier alpha value is -1.03. The average Bonchev–Trinajstić information content (AvgIpc) is 2.05. The standard InChI is InChI=1S/C8H12N2O/c1-4-5-10-8(6-9)7(2)11-3/h1,7-8,10H,5H2,2-3H3. The predicted molar refractivity (Wildman–Crippen MR) is 42.7 cm³/mol. The van der Waals surface area contributed by atoms with E-state index in [1.165, 1.54) is 0 Å². The van der Waals surface area contributed by atoms with E-state index in [0.29, 0.717) is 6.54 Å². The van der Waals surface area contributed by atoms with Gasteiger partial charge in [0.05, 0.1) is 18.7 Å². The fourth-order valence-electron chi connectivity index (χ4n) is 0.622. The zero-order valence-electron chi connectivity index (χ0n) is 6.79. The second kappa shape index (κ2) is 5.73. The van der Waals surface area contributed by atoms with E-state index < -0.39 is 0 Å². The lowest BCUT2D eigenvalue weighted by atomic mass is 10.2. The molecule has 0 radical (unpaired) electrons. The van der Waals surface area contributed by atoms with Crippen LogP contribution >= 0.6 is 0 Å². The average molecular weight is 152 g/mol. The molecule has 1 N–H and O–H groups in total. The van der Waals surface area contributed by atoms with Crippen LogP contribution in [-0.2, 0) is 4.74 Å². The number of ether oxygens (including phenoxy) is 1. The molecule has 0 spiro atoms. The van der Waals surface area contributed by atoms with Crippen LogP contribution in [0.3, 0.4) is 0 Å². The van der Waals surface area contributed by atoms with Gasteiger partial charge in [0.15, 0.2) is 0 Å². The van der Waals surface area contributed by atoms with Gasteiger partial charge in [0.2, 0.25) is 0 Å². The van der Waals surface area contributed by atoms with Gasteiger partial charge >= 0.3 is 0 Å². The predicted octanol–water partition coefficient (Wildman–Crippen LogP) is 0.136. The second-order valence-corrected chi connectivity index (χ2v) is 2.13. The van der Waals surface area contributed by atoms with Gasteiger partial charge in [-0.05, 0) is 6.92 Å². The molecule has 0 aromatic carbocycles. The van der Waals surface area contributed by atoms with E-state index in [-0.39, 0.29) is 12.1 Å². The first kappa shape index (κ1) is 9.97. The molecule has 0 aromatic heterocycles. The highest BCUT2D eigenvalue weighted by molar-refractivity contribution is 4.98. The van der Waals surface area contributed by atoms with Crippen molar-refractivity contribution in [3.05, 3.63) is 0 Å². The summed E-state index contributed by atoms with van der Waals surface area (Å²) in [5.74, 6) is 2.39. The Balaban J connectivity index is 3.79. The zero-order chi connectivity index (χ0) is 8.69. The molecule has 0 aliphatic heterocycles. The largest absolute Gasteiger partial charge is 0.379 e. The van der Waals surface area contributed by atoms with E-state index in [9.17, 15) is 0 Å². The first-order valence-electron chi connectivity index (χ1n) is 3.35. The van der Waals surface area contributed by atoms with Crippen molar-refractivity contribution in [2.45, 2.75) is 19.1 Å². The number of methoxy groups -OCH3 is 1. The minimum absolute atomic E-state index is 0.131. The van der Waals surface area contributed by atoms with Crippen LogP contribution in [0.1, 0.15) is 6.92 Å². The van der Waals surface area contributed by atoms with Crippen LogP contribution in [0.2, 0.25) is 0 Å². The normalized spacial score (nSPS) is 14.5. The van der Waals surface area contributed by atoms with Gasteiger partial charge in [-0.3, -0.25) is 5.32 Å². The molecule has 0 fully saturated rings. The summed E-state index contributed by atoms with van der Waals surface area (Å²) in [5, 5.41) is 11.4. The molecule has 2 unspecified atom stereocenters. The molecule has 60 valence electrons. The van der Waals surface area contributed by atoms with E-state index in [1.54, 1.807) is 7.11 Å². The molecule has 0 saturated heterocycles. The van der Waals surface area contributed by atoms with Crippen LogP contribution in [0.25, 0.3) is 0 Å². The summed E-state index contributed by atoms with van der Waals surface area (Å²) in [6.45, 7) is 2.21. The third kappa shape index (κ3) is 3.62. The van der Waals surface area contributed by atoms with Crippen LogP contribution in [0.15, 0.2) is 0 Å². The van der Waals surface area contributed by atoms with Crippen molar-refractivity contribution in [3.63, 3.8) is 0 Å². The Morgan fingerprint density at radius 2 is 2.36 bits per heavy atom. The summed E-state index contributed by atoms with van der Waals surface area (Å²) in [6.07, 6.45) is 4.88. The van der Waals surface area contributed by atoms with Crippen molar-refractivity contribution in [1.29, 1.82) is 5.26 Å². The Labute approximate surface area is 67.3 Å². The van der Waals surface area contributed by atoms with E-state index in [1.807, 2.05) is 6.92 Å². The van der Waals surface area contributed by atoms with Crippen LogP contribution in [0, 0.1) is 23.7 Å². The maximum absolute atomic E-state index is 8.59. The number of terminal acetylenes is 1. The van der Waals surface area contributed by atoms with Gasteiger partial charge in [0.1, 0.15) is 6.04 Å². The minimum atomic E-state index is -0.323. The van der Waals surface area contributed by atoms with Crippen molar-refractivity contribution in [1.82, 2.24) is 5.32 Å². The molecule has 0 aliphatic rings. The molecule has 3 nitrogen and oxygen atoms in total. The smallest absolute Gasteiger partial charge is 0.122 e. The van der Waals surface area contributed by atoms with Crippen LogP contribution in [-0.4, -0.2) is 25.8 Å². The van der Waals surface area contributed by atoms with E-state index >= 15 is 0 Å². The second-order valence-electron chi connectivity index (χ2n) is 2.13. The Bertz CT molecular complexity index is 178. The lowest BCUT2D eigenvalue weighted by molar-refractivity contribution is 0.100. The molecular weight excluding hydrogens is 140 g/mol. The van der Waals surface area contributed by atoms with Crippen LogP contribution in [0.5, 0.6) is 0 Å². The van der Waals surface area contributed by atoms with Gasteiger partial charge in [-0.2, -0.15) is 5.26 Å². The highest BCUT2D eigenvalue weighted by Crippen LogP contribution is 1.94. The highest BCUT2D eigenvalue weighted by Gasteiger charge is 2.13. The number of nitrogens with one attached hydrogen (secondary N) is 1. The van der Waals surface area contributed by atoms with Crippen molar-refractivity contribution in [2.24, 2.45) is 0 Å². The third-order valence-electron chi connectivity index (χ3n) is 1.40. The van der Waals surface area contributed by atoms with Crippen LogP contribution < -0.4 is 5.32 Å². The molecule has 3 heteroatoms. The topological polar surface area (TPSA) is 45.0 Å². The van der Waals surface area contributed by atoms with E-state index in [4.69, 9.17) is 16.4 Å². The highest BCUT2D eigenvalue weighted by atomic mass is 16.5. The first-order valence-corrected chi connectivity index (χ1v) is 3.35. The minimum Gasteiger partial charge on any atom is -0.379 e. The molecule has 0 amide bonds. The number of nitrogens with zero attached hydrogens (tertiary/aromatic N) is 1. The van der Waals surface area contributed by atoms with Gasteiger partial charge in [0.25, 0.3) is 0 Å². The first-order chi connectivity index (χ1) is 5.26. The van der Waals surface area contributed by atoms with Crippen molar-refractivity contribution < 1.29 is 4.74 Å². The lowest BCUT2D eigenvalue weighted by Gasteiger charge is -2.15. The molecule has 0 saturated carbocycles. The monoisotopic (exact) mass is 152 g/mol. The quantitative estimate of drug-likeness (QED) is 0.583. The van der Waals surface area contributed by atoms with Gasteiger partial charge < -0.3 is 4.74 Å². The maximum Gasteiger partial charge on any atom is 0.122 e. The molecule has 0 aromatic rings. The maximum atomic E-state index is 8.59. The molecule has 0 bridgehead atoms. The summed E-state index contributed by atoms with van der Waals surface area (Å²) in [4.78, 5) is 0. The zero-order valence-corrected chi connectivity index (χ0v) is 6.79. The Kier molecular flexibility index (Phi) is 5.20. The fraction of sp³-hybridized carbons (Fsp3) is 0.625. The van der Waals surface area contributed by atoms with E-state index in [0.717, 1.165) is 0 Å². The van der Waals surface area contributed by atoms with E-state index in [2.05, 4.69) is 17.3 Å². The molecule has 0 aliphatic carbocycles. The van der Waals surface area contributed by atoms with Gasteiger partial charge in [-0.15, -0.1) is 6.42 Å². The third-order valence-corrected chi connectivity index (χ3v) is 1.40. The molecular formula is C8H12N2O. The van der Waals surface area contributed by atoms with Crippen molar-refractivity contribution in [3.8, 4) is 18.4 Å². The van der Waals surface area contributed by atoms with Crippen molar-refractivity contribution in [2.75, 3.05) is 13.7 Å². The van der Waals surface area contributed by atoms with Crippen molar-refractivity contribution >= 4 is 0 Å². The molecule has 0 heterocycles. The van der Waals surface area contributed by atoms with Gasteiger partial charge in [-0.25, -0.2) is 0 Å².